The first-order valence-electron chi connectivity index (χ1n) is 7.29. The molecule has 20 heavy (non-hydrogen) atoms. The molecule has 0 atom stereocenters. The van der Waals surface area contributed by atoms with Gasteiger partial charge in [0.05, 0.1) is 4.90 Å². The summed E-state index contributed by atoms with van der Waals surface area (Å²) >= 11 is 1.49. The summed E-state index contributed by atoms with van der Waals surface area (Å²) in [6, 6.07) is 1.77. The molecule has 0 bridgehead atoms. The van der Waals surface area contributed by atoms with Crippen molar-refractivity contribution in [3.8, 4) is 0 Å². The lowest BCUT2D eigenvalue weighted by Gasteiger charge is -2.41. The average molecular weight is 316 g/mol. The van der Waals surface area contributed by atoms with E-state index in [0.29, 0.717) is 11.4 Å². The molecule has 0 aliphatic heterocycles. The minimum Gasteiger partial charge on any atom is -0.312 e. The molecule has 0 radical (unpaired) electrons. The van der Waals surface area contributed by atoms with Crippen LogP contribution in [0.2, 0.25) is 0 Å². The Morgan fingerprint density at radius 3 is 2.65 bits per heavy atom. The highest BCUT2D eigenvalue weighted by atomic mass is 32.2. The lowest BCUT2D eigenvalue weighted by atomic mass is 9.67. The smallest absolute Gasteiger partial charge is 0.241 e. The van der Waals surface area contributed by atoms with Gasteiger partial charge in [-0.15, -0.1) is 11.3 Å². The molecule has 1 saturated carbocycles. The Balaban J connectivity index is 1.97. The molecule has 1 aromatic rings. The average Bonchev–Trinajstić information content (AvgIpc) is 2.85. The Morgan fingerprint density at radius 1 is 1.35 bits per heavy atom. The molecule has 114 valence electrons. The quantitative estimate of drug-likeness (QED) is 0.775. The molecule has 1 aliphatic rings. The summed E-state index contributed by atoms with van der Waals surface area (Å²) in [7, 11) is -3.35. The fraction of sp³-hybridized carbons (Fsp3) is 0.714. The van der Waals surface area contributed by atoms with Gasteiger partial charge < -0.3 is 5.32 Å². The van der Waals surface area contributed by atoms with Crippen LogP contribution in [0, 0.1) is 5.41 Å². The van der Waals surface area contributed by atoms with E-state index in [1.54, 1.807) is 11.4 Å². The van der Waals surface area contributed by atoms with Crippen LogP contribution in [0.1, 0.15) is 44.4 Å². The van der Waals surface area contributed by atoms with Crippen molar-refractivity contribution in [1.29, 1.82) is 0 Å². The fourth-order valence-electron chi connectivity index (χ4n) is 2.51. The molecular formula is C14H24N2O2S2. The monoisotopic (exact) mass is 316 g/mol. The Morgan fingerprint density at radius 2 is 2.10 bits per heavy atom. The molecule has 0 amide bonds. The SMILES string of the molecule is CCNCc1cc(S(=O)(=O)NCC2(CC)CCC2)cs1. The largest absolute Gasteiger partial charge is 0.312 e. The first-order chi connectivity index (χ1) is 9.51. The summed E-state index contributed by atoms with van der Waals surface area (Å²) < 4.78 is 27.4. The second-order valence-corrected chi connectivity index (χ2v) is 8.32. The third-order valence-corrected chi connectivity index (χ3v) is 6.76. The Kier molecular flexibility index (Phi) is 5.23. The molecule has 0 unspecified atom stereocenters. The van der Waals surface area contributed by atoms with Crippen molar-refractivity contribution in [1.82, 2.24) is 10.0 Å². The molecule has 2 rings (SSSR count). The van der Waals surface area contributed by atoms with Crippen LogP contribution in [-0.4, -0.2) is 21.5 Å². The summed E-state index contributed by atoms with van der Waals surface area (Å²) in [6.45, 7) is 6.37. The predicted octanol–water partition coefficient (Wildman–Crippen LogP) is 2.72. The molecule has 1 fully saturated rings. The highest BCUT2D eigenvalue weighted by molar-refractivity contribution is 7.89. The van der Waals surface area contributed by atoms with Gasteiger partial charge in [0, 0.05) is 23.3 Å². The van der Waals surface area contributed by atoms with E-state index in [9.17, 15) is 8.42 Å². The molecule has 1 aliphatic carbocycles. The van der Waals surface area contributed by atoms with Gasteiger partial charge in [0.15, 0.2) is 0 Å². The minimum atomic E-state index is -3.35. The van der Waals surface area contributed by atoms with Crippen LogP contribution in [0.15, 0.2) is 16.3 Å². The number of nitrogens with one attached hydrogen (secondary N) is 2. The lowest BCUT2D eigenvalue weighted by Crippen LogP contribution is -2.41. The number of hydrogen-bond donors (Lipinski definition) is 2. The third-order valence-electron chi connectivity index (χ3n) is 4.29. The van der Waals surface area contributed by atoms with Gasteiger partial charge in [-0.25, -0.2) is 13.1 Å². The zero-order valence-electron chi connectivity index (χ0n) is 12.2. The highest BCUT2D eigenvalue weighted by Crippen LogP contribution is 2.43. The van der Waals surface area contributed by atoms with E-state index in [2.05, 4.69) is 17.0 Å². The summed E-state index contributed by atoms with van der Waals surface area (Å²) in [4.78, 5) is 1.46. The molecule has 6 heteroatoms. The molecule has 0 spiro atoms. The molecule has 0 saturated heterocycles. The van der Waals surface area contributed by atoms with E-state index in [-0.39, 0.29) is 5.41 Å². The van der Waals surface area contributed by atoms with Gasteiger partial charge >= 0.3 is 0 Å². The second kappa shape index (κ2) is 6.56. The van der Waals surface area contributed by atoms with Gasteiger partial charge in [-0.3, -0.25) is 0 Å². The zero-order valence-corrected chi connectivity index (χ0v) is 13.9. The van der Waals surface area contributed by atoms with Gasteiger partial charge in [-0.2, -0.15) is 0 Å². The van der Waals surface area contributed by atoms with Gasteiger partial charge in [0.2, 0.25) is 10.0 Å². The van der Waals surface area contributed by atoms with Crippen LogP contribution >= 0.6 is 11.3 Å². The van der Waals surface area contributed by atoms with Crippen LogP contribution in [0.3, 0.4) is 0 Å². The van der Waals surface area contributed by atoms with Crippen LogP contribution in [0.25, 0.3) is 0 Å². The van der Waals surface area contributed by atoms with Crippen LogP contribution < -0.4 is 10.0 Å². The van der Waals surface area contributed by atoms with Crippen molar-refractivity contribution >= 4 is 21.4 Å². The summed E-state index contributed by atoms with van der Waals surface area (Å²) in [5.74, 6) is 0. The molecule has 2 N–H and O–H groups in total. The molecule has 0 aromatic carbocycles. The standard InChI is InChI=1S/C14H24N2O2S2/c1-3-14(6-5-7-14)11-16-20(17,18)13-8-12(19-10-13)9-15-4-2/h8,10,15-16H,3-7,9,11H2,1-2H3. The maximum atomic E-state index is 12.3. The van der Waals surface area contributed by atoms with Gasteiger partial charge in [0.1, 0.15) is 0 Å². The Hall–Kier alpha value is -0.430. The van der Waals surface area contributed by atoms with E-state index in [0.717, 1.165) is 37.2 Å². The van der Waals surface area contributed by atoms with Crippen LogP contribution in [0.5, 0.6) is 0 Å². The van der Waals surface area contributed by atoms with Gasteiger partial charge in [-0.1, -0.05) is 20.3 Å². The number of rotatable bonds is 8. The van der Waals surface area contributed by atoms with E-state index in [4.69, 9.17) is 0 Å². The van der Waals surface area contributed by atoms with Crippen LogP contribution in [0.4, 0.5) is 0 Å². The van der Waals surface area contributed by atoms with Crippen molar-refractivity contribution < 1.29 is 8.42 Å². The third kappa shape index (κ3) is 3.61. The van der Waals surface area contributed by atoms with Crippen molar-refractivity contribution in [2.24, 2.45) is 5.41 Å². The Labute approximate surface area is 126 Å². The molecule has 4 nitrogen and oxygen atoms in total. The van der Waals surface area contributed by atoms with Crippen molar-refractivity contribution in [2.45, 2.75) is 51.0 Å². The molecular weight excluding hydrogens is 292 g/mol. The van der Waals surface area contributed by atoms with E-state index >= 15 is 0 Å². The Bertz CT molecular complexity index is 528. The topological polar surface area (TPSA) is 58.2 Å². The predicted molar refractivity (Wildman–Crippen MR) is 83.5 cm³/mol. The fourth-order valence-corrected chi connectivity index (χ4v) is 4.91. The number of sulfonamides is 1. The van der Waals surface area contributed by atoms with Crippen molar-refractivity contribution in [3.05, 3.63) is 16.3 Å². The minimum absolute atomic E-state index is 0.204. The maximum Gasteiger partial charge on any atom is 0.241 e. The zero-order chi connectivity index (χ0) is 14.6. The first kappa shape index (κ1) is 15.9. The van der Waals surface area contributed by atoms with E-state index in [1.807, 2.05) is 6.92 Å². The van der Waals surface area contributed by atoms with Crippen molar-refractivity contribution in [2.75, 3.05) is 13.1 Å². The highest BCUT2D eigenvalue weighted by Gasteiger charge is 2.36. The second-order valence-electron chi connectivity index (χ2n) is 5.56. The lowest BCUT2D eigenvalue weighted by molar-refractivity contribution is 0.133. The molecule has 1 heterocycles. The maximum absolute atomic E-state index is 12.3. The number of thiophene rings is 1. The van der Waals surface area contributed by atoms with Gasteiger partial charge in [-0.05, 0) is 37.3 Å². The summed E-state index contributed by atoms with van der Waals surface area (Å²) in [5.41, 5.74) is 0.204. The molecule has 1 aromatic heterocycles. The summed E-state index contributed by atoms with van der Waals surface area (Å²) in [5, 5.41) is 4.94. The first-order valence-corrected chi connectivity index (χ1v) is 9.65. The summed E-state index contributed by atoms with van der Waals surface area (Å²) in [6.07, 6.45) is 4.55. The van der Waals surface area contributed by atoms with E-state index in [1.165, 1.54) is 17.8 Å². The van der Waals surface area contributed by atoms with E-state index < -0.39 is 10.0 Å². The van der Waals surface area contributed by atoms with Gasteiger partial charge in [0.25, 0.3) is 0 Å². The normalized spacial score (nSPS) is 17.9. The van der Waals surface area contributed by atoms with Crippen molar-refractivity contribution in [3.63, 3.8) is 0 Å². The van der Waals surface area contributed by atoms with Crippen LogP contribution in [-0.2, 0) is 16.6 Å². The number of hydrogen-bond acceptors (Lipinski definition) is 4.